The minimum absolute atomic E-state index is 0.0266. The third-order valence-corrected chi connectivity index (χ3v) is 10.6. The number of fused-ring (bicyclic) bond motifs is 1. The third-order valence-electron chi connectivity index (χ3n) is 10.3. The highest BCUT2D eigenvalue weighted by Gasteiger charge is 2.45. The molecule has 3 aromatic rings. The van der Waals surface area contributed by atoms with Gasteiger partial charge in [0.15, 0.2) is 0 Å². The zero-order valence-electron chi connectivity index (χ0n) is 28.6. The van der Waals surface area contributed by atoms with Crippen LogP contribution in [0.4, 0.5) is 16.2 Å². The van der Waals surface area contributed by atoms with Gasteiger partial charge in [-0.05, 0) is 79.6 Å². The fourth-order valence-corrected chi connectivity index (χ4v) is 7.80. The van der Waals surface area contributed by atoms with E-state index in [4.69, 9.17) is 11.6 Å². The van der Waals surface area contributed by atoms with Gasteiger partial charge in [-0.15, -0.1) is 0 Å². The number of carbonyl (C=O) groups excluding carboxylic acids is 6. The van der Waals surface area contributed by atoms with Gasteiger partial charge >= 0.3 is 6.03 Å². The van der Waals surface area contributed by atoms with E-state index in [1.807, 2.05) is 46.2 Å². The molecule has 1 unspecified atom stereocenters. The van der Waals surface area contributed by atoms with Crippen LogP contribution >= 0.6 is 11.6 Å². The molecular formula is C38H39ClN6O6. The van der Waals surface area contributed by atoms with Crippen molar-refractivity contribution in [1.29, 1.82) is 0 Å². The number of piperidine rings is 2. The lowest BCUT2D eigenvalue weighted by Gasteiger charge is -2.40. The summed E-state index contributed by atoms with van der Waals surface area (Å²) in [6.07, 6.45) is 2.75. The van der Waals surface area contributed by atoms with Gasteiger partial charge in [0, 0.05) is 80.8 Å². The van der Waals surface area contributed by atoms with Crippen molar-refractivity contribution in [3.63, 3.8) is 0 Å². The Labute approximate surface area is 300 Å². The van der Waals surface area contributed by atoms with E-state index in [0.29, 0.717) is 36.1 Å². The van der Waals surface area contributed by atoms with E-state index < -0.39 is 29.7 Å². The molecule has 3 fully saturated rings. The second-order valence-electron chi connectivity index (χ2n) is 13.8. The van der Waals surface area contributed by atoms with Crippen LogP contribution in [0.3, 0.4) is 0 Å². The molecule has 7 rings (SSSR count). The van der Waals surface area contributed by atoms with Gasteiger partial charge < -0.3 is 14.7 Å². The number of carbonyl (C=O) groups is 6. The van der Waals surface area contributed by atoms with Gasteiger partial charge in [-0.2, -0.15) is 0 Å². The van der Waals surface area contributed by atoms with Gasteiger partial charge in [0.05, 0.1) is 11.1 Å². The predicted octanol–water partition coefficient (Wildman–Crippen LogP) is 4.66. The van der Waals surface area contributed by atoms with Gasteiger partial charge in [-0.1, -0.05) is 29.8 Å². The minimum Gasteiger partial charge on any atom is -0.371 e. The number of hydrogen-bond donors (Lipinski definition) is 1. The summed E-state index contributed by atoms with van der Waals surface area (Å²) < 4.78 is 0. The number of amides is 7. The highest BCUT2D eigenvalue weighted by Crippen LogP contribution is 2.35. The molecule has 3 saturated heterocycles. The van der Waals surface area contributed by atoms with Crippen molar-refractivity contribution < 1.29 is 28.8 Å². The Hall–Kier alpha value is -5.23. The van der Waals surface area contributed by atoms with Crippen molar-refractivity contribution in [1.82, 2.24) is 20.0 Å². The van der Waals surface area contributed by atoms with E-state index in [9.17, 15) is 28.8 Å². The van der Waals surface area contributed by atoms with Crippen molar-refractivity contribution in [3.05, 3.63) is 82.4 Å². The topological polar surface area (TPSA) is 131 Å². The van der Waals surface area contributed by atoms with Crippen molar-refractivity contribution in [3.8, 4) is 11.1 Å². The van der Waals surface area contributed by atoms with Gasteiger partial charge in [0.25, 0.3) is 17.7 Å². The van der Waals surface area contributed by atoms with Gasteiger partial charge in [0.2, 0.25) is 11.8 Å². The first-order valence-electron chi connectivity index (χ1n) is 17.3. The zero-order chi connectivity index (χ0) is 36.0. The van der Waals surface area contributed by atoms with Crippen molar-refractivity contribution in [2.75, 3.05) is 56.6 Å². The number of nitrogens with zero attached hydrogens (tertiary/aromatic N) is 5. The highest BCUT2D eigenvalue weighted by atomic mass is 35.5. The van der Waals surface area contributed by atoms with Crippen LogP contribution in [0.25, 0.3) is 11.1 Å². The summed E-state index contributed by atoms with van der Waals surface area (Å²) in [6, 6.07) is 17.2. The molecule has 1 atom stereocenters. The summed E-state index contributed by atoms with van der Waals surface area (Å²) in [7, 11) is 3.39. The first kappa shape index (κ1) is 34.2. The van der Waals surface area contributed by atoms with Gasteiger partial charge in [0.1, 0.15) is 6.04 Å². The molecule has 0 aliphatic carbocycles. The zero-order valence-corrected chi connectivity index (χ0v) is 29.3. The number of rotatable bonds is 7. The minimum atomic E-state index is -0.997. The molecule has 4 heterocycles. The van der Waals surface area contributed by atoms with Crippen molar-refractivity contribution in [2.45, 2.75) is 38.1 Å². The van der Waals surface area contributed by atoms with Crippen LogP contribution in [0, 0.1) is 5.92 Å². The van der Waals surface area contributed by atoms with Gasteiger partial charge in [-0.25, -0.2) is 4.79 Å². The van der Waals surface area contributed by atoms with Crippen LogP contribution in [0.15, 0.2) is 60.7 Å². The summed E-state index contributed by atoms with van der Waals surface area (Å²) in [4.78, 5) is 85.1. The van der Waals surface area contributed by atoms with Crippen LogP contribution < -0.4 is 15.1 Å². The highest BCUT2D eigenvalue weighted by molar-refractivity contribution is 6.33. The van der Waals surface area contributed by atoms with Gasteiger partial charge in [-0.3, -0.25) is 39.1 Å². The fourth-order valence-electron chi connectivity index (χ4n) is 7.51. The van der Waals surface area contributed by atoms with E-state index >= 15 is 0 Å². The molecule has 7 amide bonds. The molecule has 4 aliphatic heterocycles. The smallest absolute Gasteiger partial charge is 0.324 e. The Morgan fingerprint density at radius 2 is 1.57 bits per heavy atom. The second-order valence-corrected chi connectivity index (χ2v) is 14.2. The standard InChI is InChI=1S/C38H39ClN6O6/c1-41(2)35(48)25-7-9-28(31(39)20-25)24-5-3-6-27(19-24)44-16-4-15-43(38(44)51)22-23-13-17-42(18-14-23)26-8-10-29-30(21-26)37(50)45(36(29)49)32-11-12-33(46)40-34(32)47/h3,5-10,19-21,23,32H,4,11-18,22H2,1-2H3,(H,40,46,47). The quantitative estimate of drug-likeness (QED) is 0.353. The van der Waals surface area contributed by atoms with E-state index in [0.717, 1.165) is 59.8 Å². The first-order chi connectivity index (χ1) is 24.5. The average molecular weight is 711 g/mol. The maximum absolute atomic E-state index is 13.8. The number of nitrogens with one attached hydrogen (secondary N) is 1. The van der Waals surface area contributed by atoms with Crippen LogP contribution in [0.5, 0.6) is 0 Å². The molecule has 0 aromatic heterocycles. The number of halogens is 1. The summed E-state index contributed by atoms with van der Waals surface area (Å²) in [5.41, 5.74) is 4.31. The lowest BCUT2D eigenvalue weighted by molar-refractivity contribution is -0.136. The Bertz CT molecular complexity index is 1960. The number of imide groups is 2. The molecule has 0 saturated carbocycles. The van der Waals surface area contributed by atoms with Crippen LogP contribution in [-0.2, 0) is 9.59 Å². The lowest BCUT2D eigenvalue weighted by atomic mass is 9.95. The van der Waals surface area contributed by atoms with Crippen LogP contribution in [0.2, 0.25) is 5.02 Å². The Balaban J connectivity index is 0.975. The molecule has 51 heavy (non-hydrogen) atoms. The summed E-state index contributed by atoms with van der Waals surface area (Å²) in [5.74, 6) is -1.89. The maximum Gasteiger partial charge on any atom is 0.324 e. The molecule has 12 nitrogen and oxygen atoms in total. The molecule has 264 valence electrons. The summed E-state index contributed by atoms with van der Waals surface area (Å²) >= 11 is 6.63. The first-order valence-corrected chi connectivity index (χ1v) is 17.7. The molecular weight excluding hydrogens is 672 g/mol. The molecule has 3 aromatic carbocycles. The largest absolute Gasteiger partial charge is 0.371 e. The maximum atomic E-state index is 13.8. The van der Waals surface area contributed by atoms with Crippen LogP contribution in [0.1, 0.15) is 63.2 Å². The normalized spacial score (nSPS) is 19.8. The van der Waals surface area contributed by atoms with Crippen molar-refractivity contribution >= 4 is 58.5 Å². The number of anilines is 2. The number of benzene rings is 3. The van der Waals surface area contributed by atoms with Crippen molar-refractivity contribution in [2.24, 2.45) is 5.92 Å². The second kappa shape index (κ2) is 13.8. The fraction of sp³-hybridized carbons (Fsp3) is 0.368. The van der Waals surface area contributed by atoms with E-state index in [1.54, 1.807) is 38.4 Å². The molecule has 1 N–H and O–H groups in total. The molecule has 13 heteroatoms. The van der Waals surface area contributed by atoms with E-state index in [2.05, 4.69) is 10.2 Å². The SMILES string of the molecule is CN(C)C(=O)c1ccc(-c2cccc(N3CCCN(CC4CCN(c5ccc6c(c5)C(=O)N(C5CCC(=O)NC5=O)C6=O)CC4)C3=O)c2)c(Cl)c1. The predicted molar refractivity (Wildman–Crippen MR) is 192 cm³/mol. The number of hydrogen-bond acceptors (Lipinski definition) is 7. The summed E-state index contributed by atoms with van der Waals surface area (Å²) in [5, 5.41) is 2.69. The monoisotopic (exact) mass is 710 g/mol. The Morgan fingerprint density at radius 1 is 0.824 bits per heavy atom. The van der Waals surface area contributed by atoms with E-state index in [-0.39, 0.29) is 35.9 Å². The van der Waals surface area contributed by atoms with E-state index in [1.165, 1.54) is 4.90 Å². The Morgan fingerprint density at radius 3 is 2.29 bits per heavy atom. The molecule has 0 radical (unpaired) electrons. The average Bonchev–Trinajstić information content (AvgIpc) is 3.37. The summed E-state index contributed by atoms with van der Waals surface area (Å²) in [6.45, 7) is 3.41. The Kier molecular flexibility index (Phi) is 9.28. The lowest BCUT2D eigenvalue weighted by Crippen LogP contribution is -2.54. The molecule has 0 spiro atoms. The third kappa shape index (κ3) is 6.56. The number of urea groups is 1. The van der Waals surface area contributed by atoms with Crippen LogP contribution in [-0.4, -0.2) is 103 Å². The molecule has 4 aliphatic rings. The molecule has 0 bridgehead atoms.